The minimum Gasteiger partial charge on any atom is -0.481 e. The minimum atomic E-state index is -5.04. The van der Waals surface area contributed by atoms with Gasteiger partial charge in [-0.2, -0.15) is 13.2 Å². The van der Waals surface area contributed by atoms with Crippen LogP contribution in [0.15, 0.2) is 59.3 Å². The number of thiazole rings is 1. The molecule has 204 valence electrons. The van der Waals surface area contributed by atoms with Gasteiger partial charge in [0.1, 0.15) is 0 Å². The normalized spacial score (nSPS) is 24.7. The van der Waals surface area contributed by atoms with Gasteiger partial charge < -0.3 is 20.6 Å². The summed E-state index contributed by atoms with van der Waals surface area (Å²) in [5, 5.41) is 17.7. The molecule has 2 amide bonds. The fraction of sp³-hybridized carbons (Fsp3) is 0.320. The number of pyridine rings is 1. The van der Waals surface area contributed by atoms with E-state index in [1.807, 2.05) is 12.1 Å². The molecule has 2 aromatic heterocycles. The van der Waals surface area contributed by atoms with Crippen LogP contribution in [0, 0.1) is 5.41 Å². The highest BCUT2D eigenvalue weighted by atomic mass is 32.1. The van der Waals surface area contributed by atoms with E-state index in [1.165, 1.54) is 22.5 Å². The van der Waals surface area contributed by atoms with Crippen molar-refractivity contribution in [2.24, 2.45) is 10.4 Å². The first-order valence-electron chi connectivity index (χ1n) is 12.0. The number of nitrogens with one attached hydrogen (secondary N) is 3. The van der Waals surface area contributed by atoms with Crippen LogP contribution in [0.25, 0.3) is 21.5 Å². The number of carboxylic acids is 1. The summed E-state index contributed by atoms with van der Waals surface area (Å²) in [6.45, 7) is 1.05. The van der Waals surface area contributed by atoms with Gasteiger partial charge in [-0.25, -0.2) is 14.8 Å². The molecule has 4 N–H and O–H groups in total. The molecular formula is C25H24F3N7O3S. The topological polar surface area (TPSA) is 132 Å². The number of carbonyl (C=O) groups is 2. The fourth-order valence-electron chi connectivity index (χ4n) is 4.93. The van der Waals surface area contributed by atoms with Crippen LogP contribution in [-0.2, 0) is 4.79 Å². The number of rotatable bonds is 6. The monoisotopic (exact) mass is 559 g/mol. The van der Waals surface area contributed by atoms with Crippen LogP contribution in [0.5, 0.6) is 0 Å². The highest BCUT2D eigenvalue weighted by Crippen LogP contribution is 2.48. The predicted molar refractivity (Wildman–Crippen MR) is 140 cm³/mol. The van der Waals surface area contributed by atoms with Gasteiger partial charge in [0.15, 0.2) is 5.41 Å². The zero-order valence-electron chi connectivity index (χ0n) is 20.6. The second-order valence-corrected chi connectivity index (χ2v) is 9.99. The van der Waals surface area contributed by atoms with Crippen molar-refractivity contribution in [2.45, 2.75) is 31.3 Å². The number of alkyl halides is 3. The Bertz CT molecular complexity index is 1460. The van der Waals surface area contributed by atoms with Gasteiger partial charge in [0.25, 0.3) is 0 Å². The number of benzene rings is 1. The van der Waals surface area contributed by atoms with E-state index in [2.05, 4.69) is 30.9 Å². The van der Waals surface area contributed by atoms with Gasteiger partial charge in [-0.05, 0) is 43.7 Å². The summed E-state index contributed by atoms with van der Waals surface area (Å²) in [4.78, 5) is 39.7. The van der Waals surface area contributed by atoms with Crippen LogP contribution in [0.4, 0.5) is 23.7 Å². The molecular weight excluding hydrogens is 535 g/mol. The number of urea groups is 1. The van der Waals surface area contributed by atoms with Gasteiger partial charge >= 0.3 is 18.2 Å². The third kappa shape index (κ3) is 4.48. The molecule has 1 aromatic carbocycles. The van der Waals surface area contributed by atoms with Crippen LogP contribution in [-0.4, -0.2) is 64.4 Å². The Morgan fingerprint density at radius 1 is 1.28 bits per heavy atom. The third-order valence-corrected chi connectivity index (χ3v) is 7.75. The Morgan fingerprint density at radius 3 is 2.77 bits per heavy atom. The second kappa shape index (κ2) is 9.93. The largest absolute Gasteiger partial charge is 0.481 e. The first kappa shape index (κ1) is 26.6. The number of amides is 2. The summed E-state index contributed by atoms with van der Waals surface area (Å²) in [6.07, 6.45) is 0.243. The lowest BCUT2D eigenvalue weighted by atomic mass is 9.83. The van der Waals surface area contributed by atoms with Crippen LogP contribution in [0.3, 0.4) is 0 Å². The number of aliphatic imine (C=N–C) groups is 1. The zero-order valence-corrected chi connectivity index (χ0v) is 21.4. The molecule has 4 heterocycles. The van der Waals surface area contributed by atoms with Crippen LogP contribution >= 0.6 is 11.3 Å². The van der Waals surface area contributed by atoms with E-state index in [0.29, 0.717) is 16.9 Å². The highest BCUT2D eigenvalue weighted by Gasteiger charge is 2.67. The van der Waals surface area contributed by atoms with Gasteiger partial charge in [-0.1, -0.05) is 6.07 Å². The number of allylic oxidation sites excluding steroid dienone is 1. The van der Waals surface area contributed by atoms with E-state index in [1.54, 1.807) is 49.1 Å². The maximum atomic E-state index is 14.1. The SMILES string of the molecule is CCNC(=O)NC1(C2CC(C(=O)O)(C(F)(F)F)CN2)N=CC=CN1c1cc(-c2ccccn2)c2scnc2c1. The maximum absolute atomic E-state index is 14.1. The molecule has 14 heteroatoms. The number of carboxylic acid groups (broad SMARTS) is 1. The number of carbonyl (C=O) groups excluding carboxylic acids is 1. The number of aromatic nitrogens is 2. The van der Waals surface area contributed by atoms with Crippen LogP contribution in [0.2, 0.25) is 0 Å². The summed E-state index contributed by atoms with van der Waals surface area (Å²) in [7, 11) is 0. The third-order valence-electron chi connectivity index (χ3n) is 6.87. The maximum Gasteiger partial charge on any atom is 0.406 e. The van der Waals surface area contributed by atoms with Crippen LogP contribution < -0.4 is 20.9 Å². The lowest BCUT2D eigenvalue weighted by molar-refractivity contribution is -0.226. The Labute approximate surface area is 224 Å². The molecule has 5 rings (SSSR count). The molecule has 1 fully saturated rings. The molecule has 2 aliphatic rings. The number of hydrogen-bond acceptors (Lipinski definition) is 8. The Morgan fingerprint density at radius 2 is 2.10 bits per heavy atom. The van der Waals surface area contributed by atoms with E-state index >= 15 is 0 Å². The molecule has 10 nitrogen and oxygen atoms in total. The molecule has 0 radical (unpaired) electrons. The molecule has 3 aromatic rings. The molecule has 39 heavy (non-hydrogen) atoms. The van der Waals surface area contributed by atoms with E-state index in [-0.39, 0.29) is 6.54 Å². The average molecular weight is 560 g/mol. The van der Waals surface area contributed by atoms with Crippen molar-refractivity contribution in [2.75, 3.05) is 18.0 Å². The van der Waals surface area contributed by atoms with Gasteiger partial charge in [0.05, 0.1) is 27.5 Å². The van der Waals surface area contributed by atoms with Gasteiger partial charge in [0, 0.05) is 43.0 Å². The molecule has 0 bridgehead atoms. The quantitative estimate of drug-likeness (QED) is 0.362. The molecule has 3 atom stereocenters. The Hall–Kier alpha value is -4.04. The molecule has 0 spiro atoms. The first-order valence-corrected chi connectivity index (χ1v) is 12.9. The lowest BCUT2D eigenvalue weighted by Gasteiger charge is -2.46. The summed E-state index contributed by atoms with van der Waals surface area (Å²) >= 11 is 1.41. The molecule has 1 saturated heterocycles. The standard InChI is InChI=1S/C25H24F3N7O3S/c1-2-29-22(38)34-24(19-12-23(13-31-19,21(36)37)25(26,27)28)33-8-5-9-35(24)15-10-16(17-6-3-4-7-30-17)20-18(11-15)32-14-39-20/h3-11,14,19,31H,2,12-13H2,1H3,(H,36,37)(H2,29,34,38). The van der Waals surface area contributed by atoms with Gasteiger partial charge in [-0.3, -0.25) is 15.1 Å². The first-order chi connectivity index (χ1) is 18.6. The van der Waals surface area contributed by atoms with E-state index in [4.69, 9.17) is 0 Å². The summed E-state index contributed by atoms with van der Waals surface area (Å²) in [6, 6.07) is 7.04. The average Bonchev–Trinajstić information content (AvgIpc) is 3.58. The van der Waals surface area contributed by atoms with Gasteiger partial charge in [0.2, 0.25) is 5.79 Å². The smallest absolute Gasteiger partial charge is 0.406 e. The van der Waals surface area contributed by atoms with E-state index in [9.17, 15) is 27.9 Å². The Kier molecular flexibility index (Phi) is 6.76. The van der Waals surface area contributed by atoms with Gasteiger partial charge in [-0.15, -0.1) is 11.3 Å². The number of aliphatic carboxylic acids is 1. The van der Waals surface area contributed by atoms with Crippen molar-refractivity contribution in [3.05, 3.63) is 54.3 Å². The van der Waals surface area contributed by atoms with Crippen molar-refractivity contribution < 1.29 is 27.9 Å². The summed E-state index contributed by atoms with van der Waals surface area (Å²) in [5.41, 5.74) is 1.07. The Balaban J connectivity index is 1.66. The molecule has 3 unspecified atom stereocenters. The summed E-state index contributed by atoms with van der Waals surface area (Å²) in [5.74, 6) is -3.84. The number of anilines is 1. The van der Waals surface area contributed by atoms with E-state index in [0.717, 1.165) is 10.3 Å². The molecule has 0 saturated carbocycles. The number of hydrogen-bond donors (Lipinski definition) is 4. The number of halogens is 3. The number of nitrogens with zero attached hydrogens (tertiary/aromatic N) is 4. The predicted octanol–water partition coefficient (Wildman–Crippen LogP) is 3.73. The fourth-order valence-corrected chi connectivity index (χ4v) is 5.72. The van der Waals surface area contributed by atoms with Crippen molar-refractivity contribution >= 4 is 45.5 Å². The molecule has 0 aliphatic carbocycles. The van der Waals surface area contributed by atoms with Crippen molar-refractivity contribution in [3.8, 4) is 11.3 Å². The van der Waals surface area contributed by atoms with Crippen molar-refractivity contribution in [1.29, 1.82) is 0 Å². The van der Waals surface area contributed by atoms with Crippen molar-refractivity contribution in [1.82, 2.24) is 25.9 Å². The minimum absolute atomic E-state index is 0.246. The second-order valence-electron chi connectivity index (χ2n) is 9.13. The summed E-state index contributed by atoms with van der Waals surface area (Å²) < 4.78 is 43.2. The molecule has 2 aliphatic heterocycles. The zero-order chi connectivity index (χ0) is 27.8. The lowest BCUT2D eigenvalue weighted by Crippen LogP contribution is -2.69. The number of fused-ring (bicyclic) bond motifs is 1. The van der Waals surface area contributed by atoms with Crippen LogP contribution in [0.1, 0.15) is 13.3 Å². The van der Waals surface area contributed by atoms with E-state index < -0.39 is 48.4 Å². The highest BCUT2D eigenvalue weighted by molar-refractivity contribution is 7.17. The van der Waals surface area contributed by atoms with Crippen molar-refractivity contribution in [3.63, 3.8) is 0 Å².